The van der Waals surface area contributed by atoms with Gasteiger partial charge in [0, 0.05) is 60.4 Å². The Kier molecular flexibility index (Phi) is 7.03. The lowest BCUT2D eigenvalue weighted by Gasteiger charge is -2.29. The molecule has 0 bridgehead atoms. The van der Waals surface area contributed by atoms with Gasteiger partial charge in [-0.15, -0.1) is 0 Å². The lowest BCUT2D eigenvalue weighted by Crippen LogP contribution is -2.38. The third-order valence-corrected chi connectivity index (χ3v) is 6.59. The summed E-state index contributed by atoms with van der Waals surface area (Å²) in [6.07, 6.45) is 6.63. The van der Waals surface area contributed by atoms with Crippen molar-refractivity contribution in [2.45, 2.75) is 18.9 Å². The second-order valence-corrected chi connectivity index (χ2v) is 8.91. The molecule has 1 fully saturated rings. The fourth-order valence-electron chi connectivity index (χ4n) is 4.56. The molecule has 3 heterocycles. The molecule has 4 aromatic rings. The fourth-order valence-corrected chi connectivity index (χ4v) is 4.56. The van der Waals surface area contributed by atoms with Crippen molar-refractivity contribution in [3.63, 3.8) is 0 Å². The van der Waals surface area contributed by atoms with Crippen molar-refractivity contribution in [2.24, 2.45) is 0 Å². The lowest BCUT2D eigenvalue weighted by atomic mass is 10.0. The molecule has 1 aliphatic rings. The van der Waals surface area contributed by atoms with Crippen LogP contribution in [0.15, 0.2) is 61.1 Å². The predicted octanol–water partition coefficient (Wildman–Crippen LogP) is 4.69. The zero-order valence-electron chi connectivity index (χ0n) is 20.2. The molecular weight excluding hydrogens is 454 g/mol. The van der Waals surface area contributed by atoms with Crippen molar-refractivity contribution < 1.29 is 14.6 Å². The minimum absolute atomic E-state index is 0.190. The summed E-state index contributed by atoms with van der Waals surface area (Å²) in [4.78, 5) is 9.81. The van der Waals surface area contributed by atoms with Crippen LogP contribution >= 0.6 is 0 Å². The third-order valence-electron chi connectivity index (χ3n) is 6.59. The molecule has 0 aliphatic carbocycles. The second-order valence-electron chi connectivity index (χ2n) is 8.91. The van der Waals surface area contributed by atoms with Crippen LogP contribution in [0.1, 0.15) is 18.4 Å². The molecule has 1 saturated heterocycles. The van der Waals surface area contributed by atoms with E-state index in [-0.39, 0.29) is 6.10 Å². The number of aliphatic hydroxyl groups excluding tert-OH is 1. The number of anilines is 2. The molecule has 0 amide bonds. The standard InChI is InChI=1S/C28H29N5O3/c1-35-26-5-2-19(15-27(26)36-13-12-33-10-7-23(34)8-11-33)24-18-30-17-21(16-29)28(24)32-22-3-4-25-20(14-22)6-9-31-25/h2-6,9,14-15,17-18,23,31,34H,7-8,10-13H2,1H3,(H,30,32). The largest absolute Gasteiger partial charge is 0.493 e. The smallest absolute Gasteiger partial charge is 0.161 e. The van der Waals surface area contributed by atoms with Gasteiger partial charge < -0.3 is 24.9 Å². The van der Waals surface area contributed by atoms with Crippen LogP contribution in [0.5, 0.6) is 11.5 Å². The molecular formula is C28H29N5O3. The number of fused-ring (bicyclic) bond motifs is 1. The van der Waals surface area contributed by atoms with Gasteiger partial charge in [-0.3, -0.25) is 9.88 Å². The van der Waals surface area contributed by atoms with Crippen molar-refractivity contribution in [2.75, 3.05) is 38.7 Å². The summed E-state index contributed by atoms with van der Waals surface area (Å²) in [6.45, 7) is 3.03. The highest BCUT2D eigenvalue weighted by Gasteiger charge is 2.18. The first kappa shape index (κ1) is 23.7. The Morgan fingerprint density at radius 1 is 1.14 bits per heavy atom. The molecule has 5 rings (SSSR count). The number of pyridine rings is 1. The summed E-state index contributed by atoms with van der Waals surface area (Å²) in [5, 5.41) is 24.0. The number of aromatic amines is 1. The Hall–Kier alpha value is -4.06. The third kappa shape index (κ3) is 5.13. The number of hydrogen-bond acceptors (Lipinski definition) is 7. The normalized spacial score (nSPS) is 14.5. The van der Waals surface area contributed by atoms with E-state index in [0.717, 1.165) is 60.2 Å². The molecule has 0 saturated carbocycles. The fraction of sp³-hybridized carbons (Fsp3) is 0.286. The summed E-state index contributed by atoms with van der Waals surface area (Å²) in [5.74, 6) is 1.28. The number of methoxy groups -OCH3 is 1. The highest BCUT2D eigenvalue weighted by Crippen LogP contribution is 2.38. The van der Waals surface area contributed by atoms with E-state index in [1.54, 1.807) is 19.5 Å². The number of ether oxygens (including phenoxy) is 2. The van der Waals surface area contributed by atoms with Crippen molar-refractivity contribution in [1.82, 2.24) is 14.9 Å². The van der Waals surface area contributed by atoms with Gasteiger partial charge in [-0.05, 0) is 54.8 Å². The van der Waals surface area contributed by atoms with Crippen LogP contribution in [-0.2, 0) is 0 Å². The quantitative estimate of drug-likeness (QED) is 0.334. The van der Waals surface area contributed by atoms with E-state index in [9.17, 15) is 10.4 Å². The zero-order chi connectivity index (χ0) is 24.9. The van der Waals surface area contributed by atoms with Crippen molar-refractivity contribution >= 4 is 22.3 Å². The highest BCUT2D eigenvalue weighted by molar-refractivity contribution is 5.88. The van der Waals surface area contributed by atoms with Gasteiger partial charge in [-0.25, -0.2) is 0 Å². The molecule has 2 aromatic carbocycles. The molecule has 184 valence electrons. The number of rotatable bonds is 8. The van der Waals surface area contributed by atoms with Crippen LogP contribution in [0.25, 0.3) is 22.0 Å². The first-order chi connectivity index (χ1) is 17.6. The number of nitrogens with one attached hydrogen (secondary N) is 2. The average Bonchev–Trinajstić information content (AvgIpc) is 3.38. The number of aliphatic hydroxyl groups is 1. The molecule has 0 radical (unpaired) electrons. The number of piperidine rings is 1. The number of aromatic nitrogens is 2. The van der Waals surface area contributed by atoms with E-state index in [1.807, 2.05) is 48.7 Å². The molecule has 1 aliphatic heterocycles. The predicted molar refractivity (Wildman–Crippen MR) is 140 cm³/mol. The van der Waals surface area contributed by atoms with Gasteiger partial charge in [0.1, 0.15) is 12.7 Å². The maximum absolute atomic E-state index is 9.80. The van der Waals surface area contributed by atoms with E-state index in [2.05, 4.69) is 26.3 Å². The molecule has 3 N–H and O–H groups in total. The minimum atomic E-state index is -0.190. The van der Waals surface area contributed by atoms with Crippen LogP contribution in [0, 0.1) is 11.3 Å². The molecule has 0 spiro atoms. The molecule has 0 unspecified atom stereocenters. The van der Waals surface area contributed by atoms with Gasteiger partial charge in [0.15, 0.2) is 11.5 Å². The van der Waals surface area contributed by atoms with Gasteiger partial charge in [0.2, 0.25) is 0 Å². The lowest BCUT2D eigenvalue weighted by molar-refractivity contribution is 0.0752. The molecule has 8 nitrogen and oxygen atoms in total. The van der Waals surface area contributed by atoms with Crippen molar-refractivity contribution in [3.8, 4) is 28.7 Å². The van der Waals surface area contributed by atoms with E-state index in [4.69, 9.17) is 9.47 Å². The van der Waals surface area contributed by atoms with Crippen molar-refractivity contribution in [3.05, 3.63) is 66.6 Å². The maximum atomic E-state index is 9.80. The number of likely N-dealkylation sites (tertiary alicyclic amines) is 1. The van der Waals surface area contributed by atoms with E-state index >= 15 is 0 Å². The summed E-state index contributed by atoms with van der Waals surface area (Å²) < 4.78 is 11.7. The molecule has 36 heavy (non-hydrogen) atoms. The molecule has 2 aromatic heterocycles. The van der Waals surface area contributed by atoms with Gasteiger partial charge in [0.25, 0.3) is 0 Å². The van der Waals surface area contributed by atoms with E-state index in [0.29, 0.717) is 29.4 Å². The van der Waals surface area contributed by atoms with Crippen LogP contribution in [0.2, 0.25) is 0 Å². The van der Waals surface area contributed by atoms with Gasteiger partial charge in [-0.2, -0.15) is 5.26 Å². The summed E-state index contributed by atoms with van der Waals surface area (Å²) in [5.41, 5.74) is 4.72. The zero-order valence-corrected chi connectivity index (χ0v) is 20.2. The average molecular weight is 484 g/mol. The highest BCUT2D eigenvalue weighted by atomic mass is 16.5. The van der Waals surface area contributed by atoms with Crippen LogP contribution in [0.4, 0.5) is 11.4 Å². The first-order valence-electron chi connectivity index (χ1n) is 12.1. The minimum Gasteiger partial charge on any atom is -0.493 e. The summed E-state index contributed by atoms with van der Waals surface area (Å²) in [7, 11) is 1.62. The monoisotopic (exact) mass is 483 g/mol. The number of H-pyrrole nitrogens is 1. The Bertz CT molecular complexity index is 1390. The Balaban J connectivity index is 1.40. The Labute approximate surface area is 210 Å². The van der Waals surface area contributed by atoms with E-state index in [1.165, 1.54) is 0 Å². The van der Waals surface area contributed by atoms with Gasteiger partial charge in [0.05, 0.1) is 24.5 Å². The Morgan fingerprint density at radius 3 is 2.81 bits per heavy atom. The number of benzene rings is 2. The van der Waals surface area contributed by atoms with Crippen LogP contribution in [-0.4, -0.2) is 59.4 Å². The molecule has 0 atom stereocenters. The summed E-state index contributed by atoms with van der Waals surface area (Å²) in [6, 6.07) is 16.0. The van der Waals surface area contributed by atoms with Crippen LogP contribution < -0.4 is 14.8 Å². The van der Waals surface area contributed by atoms with E-state index < -0.39 is 0 Å². The maximum Gasteiger partial charge on any atom is 0.161 e. The van der Waals surface area contributed by atoms with Gasteiger partial charge >= 0.3 is 0 Å². The second kappa shape index (κ2) is 10.7. The number of nitrogens with zero attached hydrogens (tertiary/aromatic N) is 3. The first-order valence-corrected chi connectivity index (χ1v) is 12.1. The SMILES string of the molecule is COc1ccc(-c2cncc(C#N)c2Nc2ccc3[nH]ccc3c2)cc1OCCN1CCC(O)CC1. The molecule has 8 heteroatoms. The van der Waals surface area contributed by atoms with Gasteiger partial charge in [-0.1, -0.05) is 6.07 Å². The summed E-state index contributed by atoms with van der Waals surface area (Å²) >= 11 is 0. The Morgan fingerprint density at radius 2 is 2.00 bits per heavy atom. The van der Waals surface area contributed by atoms with Crippen LogP contribution in [0.3, 0.4) is 0 Å². The number of hydrogen-bond donors (Lipinski definition) is 3. The van der Waals surface area contributed by atoms with Crippen molar-refractivity contribution in [1.29, 1.82) is 5.26 Å². The topological polar surface area (TPSA) is 106 Å². The number of nitriles is 1.